The minimum atomic E-state index is -0.984. The van der Waals surface area contributed by atoms with Crippen LogP contribution in [0.1, 0.15) is 32.7 Å². The van der Waals surface area contributed by atoms with Gasteiger partial charge < -0.3 is 9.67 Å². The molecule has 0 atom stereocenters. The number of nitriles is 1. The summed E-state index contributed by atoms with van der Waals surface area (Å²) in [5.74, 6) is -0.984. The van der Waals surface area contributed by atoms with E-state index in [4.69, 9.17) is 5.11 Å². The van der Waals surface area contributed by atoms with Crippen LogP contribution in [0.2, 0.25) is 0 Å². The fourth-order valence-corrected chi connectivity index (χ4v) is 2.93. The van der Waals surface area contributed by atoms with Gasteiger partial charge in [0.2, 0.25) is 0 Å². The summed E-state index contributed by atoms with van der Waals surface area (Å²) in [6, 6.07) is 18.7. The van der Waals surface area contributed by atoms with Crippen molar-refractivity contribution in [3.63, 3.8) is 0 Å². The molecule has 0 bridgehead atoms. The quantitative estimate of drug-likeness (QED) is 0.689. The van der Waals surface area contributed by atoms with Gasteiger partial charge in [-0.1, -0.05) is 29.8 Å². The third-order valence-corrected chi connectivity index (χ3v) is 4.25. The largest absolute Gasteiger partial charge is 0.478 e. The first kappa shape index (κ1) is 17.2. The maximum absolute atomic E-state index is 11.0. The molecule has 0 spiro atoms. The Kier molecular flexibility index (Phi) is 4.72. The molecule has 1 N–H and O–H groups in total. The predicted molar refractivity (Wildman–Crippen MR) is 102 cm³/mol. The zero-order valence-electron chi connectivity index (χ0n) is 14.6. The van der Waals surface area contributed by atoms with Gasteiger partial charge in [-0.2, -0.15) is 5.26 Å². The average molecular weight is 342 g/mol. The Balaban J connectivity index is 2.02. The number of nitrogens with zero attached hydrogens (tertiary/aromatic N) is 2. The lowest BCUT2D eigenvalue weighted by Gasteiger charge is -2.11. The smallest absolute Gasteiger partial charge is 0.335 e. The van der Waals surface area contributed by atoms with Crippen LogP contribution in [-0.4, -0.2) is 15.6 Å². The minimum Gasteiger partial charge on any atom is -0.478 e. The highest BCUT2D eigenvalue weighted by atomic mass is 16.4. The highest BCUT2D eigenvalue weighted by molar-refractivity contribution is 5.92. The number of carbonyl (C=O) groups is 1. The van der Waals surface area contributed by atoms with Gasteiger partial charge in [0.1, 0.15) is 0 Å². The highest BCUT2D eigenvalue weighted by Gasteiger charge is 2.08. The molecule has 4 heteroatoms. The van der Waals surface area contributed by atoms with Crippen molar-refractivity contribution in [1.82, 2.24) is 4.57 Å². The maximum atomic E-state index is 11.0. The average Bonchev–Trinajstić information content (AvgIpc) is 3.07. The second-order valence-electron chi connectivity index (χ2n) is 6.15. The maximum Gasteiger partial charge on any atom is 0.335 e. The standard InChI is InChI=1S/C22H18N2O2/c1-15-5-10-21(16(2)12-15)24-11-3-4-20(24)13-19(14-23)17-6-8-18(9-7-17)22(25)26/h3-13H,1-2H3,(H,25,26)/b19-13-. The van der Waals surface area contributed by atoms with E-state index in [2.05, 4.69) is 38.1 Å². The van der Waals surface area contributed by atoms with Crippen LogP contribution in [0, 0.1) is 25.2 Å². The Hall–Kier alpha value is -3.58. The molecular formula is C22H18N2O2. The number of aromatic nitrogens is 1. The molecule has 0 fully saturated rings. The SMILES string of the molecule is Cc1ccc(-n2cccc2/C=C(/C#N)c2ccc(C(=O)O)cc2)c(C)c1. The Morgan fingerprint density at radius 3 is 2.38 bits per heavy atom. The summed E-state index contributed by atoms with van der Waals surface area (Å²) < 4.78 is 2.04. The normalized spacial score (nSPS) is 11.2. The first-order chi connectivity index (χ1) is 12.5. The Labute approximate surface area is 152 Å². The Morgan fingerprint density at radius 2 is 1.77 bits per heavy atom. The van der Waals surface area contributed by atoms with Crippen molar-refractivity contribution in [3.8, 4) is 11.8 Å². The third-order valence-electron chi connectivity index (χ3n) is 4.25. The molecule has 2 aromatic carbocycles. The van der Waals surface area contributed by atoms with E-state index in [0.29, 0.717) is 11.1 Å². The van der Waals surface area contributed by atoms with Gasteiger partial charge in [-0.15, -0.1) is 0 Å². The number of hydrogen-bond donors (Lipinski definition) is 1. The molecule has 26 heavy (non-hydrogen) atoms. The first-order valence-corrected chi connectivity index (χ1v) is 8.20. The number of hydrogen-bond acceptors (Lipinski definition) is 2. The highest BCUT2D eigenvalue weighted by Crippen LogP contribution is 2.23. The molecule has 0 radical (unpaired) electrons. The second kappa shape index (κ2) is 7.12. The summed E-state index contributed by atoms with van der Waals surface area (Å²) >= 11 is 0. The van der Waals surface area contributed by atoms with Crippen LogP contribution in [0.4, 0.5) is 0 Å². The van der Waals surface area contributed by atoms with Gasteiger partial charge in [0.25, 0.3) is 0 Å². The van der Waals surface area contributed by atoms with Gasteiger partial charge in [-0.05, 0) is 61.4 Å². The van der Waals surface area contributed by atoms with E-state index >= 15 is 0 Å². The topological polar surface area (TPSA) is 66.0 Å². The van der Waals surface area contributed by atoms with Crippen molar-refractivity contribution in [2.24, 2.45) is 0 Å². The van der Waals surface area contributed by atoms with Crippen LogP contribution in [0.5, 0.6) is 0 Å². The van der Waals surface area contributed by atoms with E-state index in [1.165, 1.54) is 17.7 Å². The van der Waals surface area contributed by atoms with Crippen molar-refractivity contribution in [3.05, 3.63) is 88.7 Å². The molecule has 0 saturated heterocycles. The van der Waals surface area contributed by atoms with Crippen molar-refractivity contribution in [2.75, 3.05) is 0 Å². The molecule has 0 amide bonds. The van der Waals surface area contributed by atoms with E-state index in [0.717, 1.165) is 16.9 Å². The van der Waals surface area contributed by atoms with Gasteiger partial charge in [-0.25, -0.2) is 4.79 Å². The summed E-state index contributed by atoms with van der Waals surface area (Å²) in [5, 5.41) is 18.6. The van der Waals surface area contributed by atoms with Gasteiger partial charge in [-0.3, -0.25) is 0 Å². The molecule has 0 saturated carbocycles. The van der Waals surface area contributed by atoms with Crippen LogP contribution in [0.25, 0.3) is 17.3 Å². The van der Waals surface area contributed by atoms with Crippen molar-refractivity contribution in [2.45, 2.75) is 13.8 Å². The Morgan fingerprint density at radius 1 is 1.08 bits per heavy atom. The molecule has 4 nitrogen and oxygen atoms in total. The summed E-state index contributed by atoms with van der Waals surface area (Å²) in [6.07, 6.45) is 3.78. The number of benzene rings is 2. The minimum absolute atomic E-state index is 0.199. The van der Waals surface area contributed by atoms with Crippen molar-refractivity contribution in [1.29, 1.82) is 5.26 Å². The van der Waals surface area contributed by atoms with Gasteiger partial charge in [0.15, 0.2) is 0 Å². The van der Waals surface area contributed by atoms with E-state index < -0.39 is 5.97 Å². The second-order valence-corrected chi connectivity index (χ2v) is 6.15. The lowest BCUT2D eigenvalue weighted by molar-refractivity contribution is 0.0697. The number of rotatable bonds is 4. The molecule has 1 heterocycles. The monoisotopic (exact) mass is 342 g/mol. The molecule has 128 valence electrons. The molecule has 0 unspecified atom stereocenters. The first-order valence-electron chi connectivity index (χ1n) is 8.20. The predicted octanol–water partition coefficient (Wildman–Crippen LogP) is 4.86. The van der Waals surface area contributed by atoms with E-state index in [9.17, 15) is 10.1 Å². The van der Waals surface area contributed by atoms with Crippen LogP contribution in [0.3, 0.4) is 0 Å². The van der Waals surface area contributed by atoms with Gasteiger partial charge in [0.05, 0.1) is 17.2 Å². The van der Waals surface area contributed by atoms with Gasteiger partial charge >= 0.3 is 5.97 Å². The lowest BCUT2D eigenvalue weighted by Crippen LogP contribution is -1.99. The lowest BCUT2D eigenvalue weighted by atomic mass is 10.0. The molecule has 3 aromatic rings. The summed E-state index contributed by atoms with van der Waals surface area (Å²) in [5.41, 5.74) is 5.66. The molecule has 1 aromatic heterocycles. The fraction of sp³-hybridized carbons (Fsp3) is 0.0909. The molecule has 0 aliphatic carbocycles. The number of aromatic carboxylic acids is 1. The summed E-state index contributed by atoms with van der Waals surface area (Å²) in [7, 11) is 0. The molecule has 0 aliphatic heterocycles. The van der Waals surface area contributed by atoms with Crippen LogP contribution in [-0.2, 0) is 0 Å². The summed E-state index contributed by atoms with van der Waals surface area (Å²) in [6.45, 7) is 4.12. The molecular weight excluding hydrogens is 324 g/mol. The van der Waals surface area contributed by atoms with E-state index in [1.54, 1.807) is 12.1 Å². The molecule has 0 aliphatic rings. The van der Waals surface area contributed by atoms with Crippen LogP contribution in [0.15, 0.2) is 60.8 Å². The zero-order chi connectivity index (χ0) is 18.7. The van der Waals surface area contributed by atoms with E-state index in [-0.39, 0.29) is 5.56 Å². The van der Waals surface area contributed by atoms with E-state index in [1.807, 2.05) is 29.0 Å². The molecule has 3 rings (SSSR count). The fourth-order valence-electron chi connectivity index (χ4n) is 2.93. The number of carboxylic acid groups (broad SMARTS) is 1. The number of aryl methyl sites for hydroxylation is 2. The van der Waals surface area contributed by atoms with Gasteiger partial charge in [0, 0.05) is 17.6 Å². The number of allylic oxidation sites excluding steroid dienone is 1. The Bertz CT molecular complexity index is 1030. The number of carboxylic acids is 1. The zero-order valence-corrected chi connectivity index (χ0v) is 14.6. The third kappa shape index (κ3) is 3.42. The van der Waals surface area contributed by atoms with Crippen LogP contribution >= 0.6 is 0 Å². The van der Waals surface area contributed by atoms with Crippen molar-refractivity contribution < 1.29 is 9.90 Å². The summed E-state index contributed by atoms with van der Waals surface area (Å²) in [4.78, 5) is 11.0. The van der Waals surface area contributed by atoms with Crippen molar-refractivity contribution >= 4 is 17.6 Å². The van der Waals surface area contributed by atoms with Crippen LogP contribution < -0.4 is 0 Å².